The summed E-state index contributed by atoms with van der Waals surface area (Å²) in [6, 6.07) is 6.83. The summed E-state index contributed by atoms with van der Waals surface area (Å²) in [5.74, 6) is 0.580. The standard InChI is InChI=1S/C17H24N2O4/c1-2-22-14-10-6-7-11-15(14)23-12-16(20)19-17(21)18-13-8-4-3-5-9-13/h6-7,10-11,13H,2-5,8-9,12H2,1H3,(H2,18,19,20,21). The van der Waals surface area contributed by atoms with Gasteiger partial charge in [-0.05, 0) is 31.9 Å². The number of hydrogen-bond acceptors (Lipinski definition) is 4. The lowest BCUT2D eigenvalue weighted by Crippen LogP contribution is -2.46. The molecule has 0 bridgehead atoms. The fraction of sp³-hybridized carbons (Fsp3) is 0.529. The van der Waals surface area contributed by atoms with Gasteiger partial charge in [0.2, 0.25) is 0 Å². The second kappa shape index (κ2) is 9.02. The lowest BCUT2D eigenvalue weighted by atomic mass is 9.96. The van der Waals surface area contributed by atoms with E-state index in [1.165, 1.54) is 6.42 Å². The number of imide groups is 1. The Labute approximate surface area is 136 Å². The zero-order valence-electron chi connectivity index (χ0n) is 13.5. The Morgan fingerprint density at radius 1 is 1.09 bits per heavy atom. The largest absolute Gasteiger partial charge is 0.490 e. The fourth-order valence-corrected chi connectivity index (χ4v) is 2.62. The highest BCUT2D eigenvalue weighted by Crippen LogP contribution is 2.26. The zero-order chi connectivity index (χ0) is 16.5. The lowest BCUT2D eigenvalue weighted by molar-refractivity contribution is -0.122. The molecule has 1 fully saturated rings. The molecule has 1 aliphatic rings. The number of ether oxygens (including phenoxy) is 2. The number of nitrogens with one attached hydrogen (secondary N) is 2. The van der Waals surface area contributed by atoms with Crippen LogP contribution in [-0.2, 0) is 4.79 Å². The minimum absolute atomic E-state index is 0.163. The third-order valence-corrected chi connectivity index (χ3v) is 3.70. The summed E-state index contributed by atoms with van der Waals surface area (Å²) >= 11 is 0. The second-order valence-electron chi connectivity index (χ2n) is 5.52. The number of para-hydroxylation sites is 2. The molecule has 126 valence electrons. The molecule has 6 nitrogen and oxygen atoms in total. The summed E-state index contributed by atoms with van der Waals surface area (Å²) in [6.07, 6.45) is 5.40. The summed E-state index contributed by atoms with van der Waals surface area (Å²) in [4.78, 5) is 23.6. The summed E-state index contributed by atoms with van der Waals surface area (Å²) in [7, 11) is 0. The Bertz CT molecular complexity index is 527. The van der Waals surface area contributed by atoms with Gasteiger partial charge in [-0.15, -0.1) is 0 Å². The van der Waals surface area contributed by atoms with Crippen molar-refractivity contribution in [1.29, 1.82) is 0 Å². The van der Waals surface area contributed by atoms with Gasteiger partial charge in [0.25, 0.3) is 5.91 Å². The van der Waals surface area contributed by atoms with Crippen molar-refractivity contribution in [2.24, 2.45) is 0 Å². The molecule has 0 unspecified atom stereocenters. The molecule has 1 aromatic carbocycles. The lowest BCUT2D eigenvalue weighted by Gasteiger charge is -2.22. The maximum atomic E-state index is 11.8. The van der Waals surface area contributed by atoms with Crippen LogP contribution in [0.3, 0.4) is 0 Å². The van der Waals surface area contributed by atoms with Gasteiger partial charge in [0.05, 0.1) is 6.61 Å². The highest BCUT2D eigenvalue weighted by Gasteiger charge is 2.17. The molecule has 0 aliphatic heterocycles. The first-order valence-electron chi connectivity index (χ1n) is 8.14. The van der Waals surface area contributed by atoms with Crippen molar-refractivity contribution in [1.82, 2.24) is 10.6 Å². The van der Waals surface area contributed by atoms with Crippen molar-refractivity contribution in [2.75, 3.05) is 13.2 Å². The van der Waals surface area contributed by atoms with Gasteiger partial charge in [0, 0.05) is 6.04 Å². The van der Waals surface area contributed by atoms with Crippen molar-refractivity contribution >= 4 is 11.9 Å². The quantitative estimate of drug-likeness (QED) is 0.845. The average molecular weight is 320 g/mol. The van der Waals surface area contributed by atoms with Gasteiger partial charge >= 0.3 is 6.03 Å². The fourth-order valence-electron chi connectivity index (χ4n) is 2.62. The van der Waals surface area contributed by atoms with E-state index in [1.807, 2.05) is 13.0 Å². The van der Waals surface area contributed by atoms with Gasteiger partial charge in [-0.25, -0.2) is 4.79 Å². The van der Waals surface area contributed by atoms with Crippen molar-refractivity contribution in [3.05, 3.63) is 24.3 Å². The van der Waals surface area contributed by atoms with E-state index in [2.05, 4.69) is 10.6 Å². The molecule has 0 aromatic heterocycles. The number of amides is 3. The van der Waals surface area contributed by atoms with E-state index >= 15 is 0 Å². The normalized spacial score (nSPS) is 14.8. The van der Waals surface area contributed by atoms with Gasteiger partial charge in [-0.1, -0.05) is 31.4 Å². The number of rotatable bonds is 6. The van der Waals surface area contributed by atoms with Crippen LogP contribution >= 0.6 is 0 Å². The summed E-state index contributed by atoms with van der Waals surface area (Å²) in [6.45, 7) is 2.15. The number of urea groups is 1. The Morgan fingerprint density at radius 3 is 2.39 bits per heavy atom. The second-order valence-corrected chi connectivity index (χ2v) is 5.52. The Morgan fingerprint density at radius 2 is 1.74 bits per heavy atom. The predicted molar refractivity (Wildman–Crippen MR) is 86.7 cm³/mol. The molecule has 23 heavy (non-hydrogen) atoms. The van der Waals surface area contributed by atoms with E-state index in [1.54, 1.807) is 18.2 Å². The monoisotopic (exact) mass is 320 g/mol. The van der Waals surface area contributed by atoms with E-state index in [0.717, 1.165) is 25.7 Å². The molecule has 0 heterocycles. The van der Waals surface area contributed by atoms with Crippen LogP contribution in [0.25, 0.3) is 0 Å². The third kappa shape index (κ3) is 5.81. The maximum Gasteiger partial charge on any atom is 0.321 e. The molecule has 3 amide bonds. The first-order valence-corrected chi connectivity index (χ1v) is 8.14. The molecule has 0 saturated heterocycles. The van der Waals surface area contributed by atoms with Crippen molar-refractivity contribution in [3.63, 3.8) is 0 Å². The first kappa shape index (κ1) is 17.1. The maximum absolute atomic E-state index is 11.8. The smallest absolute Gasteiger partial charge is 0.321 e. The molecule has 1 aromatic rings. The highest BCUT2D eigenvalue weighted by atomic mass is 16.5. The van der Waals surface area contributed by atoms with Crippen LogP contribution in [0.4, 0.5) is 4.79 Å². The minimum Gasteiger partial charge on any atom is -0.490 e. The van der Waals surface area contributed by atoms with Crippen molar-refractivity contribution < 1.29 is 19.1 Å². The van der Waals surface area contributed by atoms with E-state index in [9.17, 15) is 9.59 Å². The van der Waals surface area contributed by atoms with Crippen LogP contribution in [0.15, 0.2) is 24.3 Å². The SMILES string of the molecule is CCOc1ccccc1OCC(=O)NC(=O)NC1CCCCC1. The Balaban J connectivity index is 1.75. The molecule has 0 radical (unpaired) electrons. The average Bonchev–Trinajstić information content (AvgIpc) is 2.55. The van der Waals surface area contributed by atoms with Crippen LogP contribution in [0, 0.1) is 0 Å². The number of hydrogen-bond donors (Lipinski definition) is 2. The summed E-state index contributed by atoms with van der Waals surface area (Å²) in [5.41, 5.74) is 0. The van der Waals surface area contributed by atoms with Gasteiger partial charge in [0.1, 0.15) is 0 Å². The molecular weight excluding hydrogens is 296 g/mol. The molecule has 0 spiro atoms. The molecule has 2 rings (SSSR count). The van der Waals surface area contributed by atoms with Gasteiger partial charge in [-0.3, -0.25) is 10.1 Å². The van der Waals surface area contributed by atoms with Crippen LogP contribution in [0.2, 0.25) is 0 Å². The first-order chi connectivity index (χ1) is 11.2. The Kier molecular flexibility index (Phi) is 6.72. The summed E-state index contributed by atoms with van der Waals surface area (Å²) < 4.78 is 10.8. The Hall–Kier alpha value is -2.24. The minimum atomic E-state index is -0.482. The number of carbonyl (C=O) groups is 2. The molecule has 1 saturated carbocycles. The van der Waals surface area contributed by atoms with Crippen molar-refractivity contribution in [3.8, 4) is 11.5 Å². The van der Waals surface area contributed by atoms with Crippen LogP contribution < -0.4 is 20.1 Å². The van der Waals surface area contributed by atoms with Gasteiger partial charge < -0.3 is 14.8 Å². The van der Waals surface area contributed by atoms with E-state index in [0.29, 0.717) is 18.1 Å². The summed E-state index contributed by atoms with van der Waals surface area (Å²) in [5, 5.41) is 5.12. The predicted octanol–water partition coefficient (Wildman–Crippen LogP) is 2.62. The number of carbonyl (C=O) groups excluding carboxylic acids is 2. The van der Waals surface area contributed by atoms with Gasteiger partial charge in [-0.2, -0.15) is 0 Å². The zero-order valence-corrected chi connectivity index (χ0v) is 13.5. The molecule has 6 heteroatoms. The molecule has 2 N–H and O–H groups in total. The molecule has 0 atom stereocenters. The van der Waals surface area contributed by atoms with Crippen LogP contribution in [-0.4, -0.2) is 31.2 Å². The van der Waals surface area contributed by atoms with Crippen LogP contribution in [0.5, 0.6) is 11.5 Å². The highest BCUT2D eigenvalue weighted by molar-refractivity contribution is 5.95. The van der Waals surface area contributed by atoms with E-state index < -0.39 is 11.9 Å². The van der Waals surface area contributed by atoms with Crippen molar-refractivity contribution in [2.45, 2.75) is 45.1 Å². The molecular formula is C17H24N2O4. The molecule has 1 aliphatic carbocycles. The van der Waals surface area contributed by atoms with E-state index in [4.69, 9.17) is 9.47 Å². The van der Waals surface area contributed by atoms with Gasteiger partial charge in [0.15, 0.2) is 18.1 Å². The van der Waals surface area contributed by atoms with E-state index in [-0.39, 0.29) is 12.6 Å². The topological polar surface area (TPSA) is 76.7 Å². The third-order valence-electron chi connectivity index (χ3n) is 3.70. The number of benzene rings is 1. The van der Waals surface area contributed by atoms with Crippen LogP contribution in [0.1, 0.15) is 39.0 Å².